The Kier molecular flexibility index (Phi) is 7.18. The standard InChI is InChI=1S/C18H15Cl3O6/c1-9(17(22)23)26-18(24)10(2)25-16-8-12(20)4-6-15(16)27-14-5-3-11(19)7-13(14)21/h3-10H,1-2H3,(H,22,23). The fourth-order valence-corrected chi connectivity index (χ4v) is 2.50. The molecule has 27 heavy (non-hydrogen) atoms. The van der Waals surface area contributed by atoms with Crippen molar-refractivity contribution in [3.63, 3.8) is 0 Å². The third-order valence-corrected chi connectivity index (χ3v) is 4.06. The maximum Gasteiger partial charge on any atom is 0.347 e. The first-order valence-corrected chi connectivity index (χ1v) is 8.83. The summed E-state index contributed by atoms with van der Waals surface area (Å²) in [7, 11) is 0. The molecule has 144 valence electrons. The molecule has 0 spiro atoms. The van der Waals surface area contributed by atoms with Crippen LogP contribution in [0.5, 0.6) is 17.2 Å². The van der Waals surface area contributed by atoms with Crippen LogP contribution in [-0.4, -0.2) is 29.3 Å². The van der Waals surface area contributed by atoms with Crippen LogP contribution in [0, 0.1) is 0 Å². The van der Waals surface area contributed by atoms with Crippen molar-refractivity contribution < 1.29 is 28.9 Å². The number of benzene rings is 2. The van der Waals surface area contributed by atoms with E-state index < -0.39 is 24.1 Å². The molecule has 0 aliphatic carbocycles. The van der Waals surface area contributed by atoms with E-state index in [1.807, 2.05) is 0 Å². The molecule has 6 nitrogen and oxygen atoms in total. The number of aliphatic carboxylic acids is 1. The average Bonchev–Trinajstić information content (AvgIpc) is 2.59. The molecule has 0 aliphatic heterocycles. The van der Waals surface area contributed by atoms with Gasteiger partial charge in [0.2, 0.25) is 0 Å². The maximum absolute atomic E-state index is 12.0. The van der Waals surface area contributed by atoms with Crippen molar-refractivity contribution in [3.8, 4) is 17.2 Å². The summed E-state index contributed by atoms with van der Waals surface area (Å²) in [4.78, 5) is 22.8. The number of hydrogen-bond donors (Lipinski definition) is 1. The third kappa shape index (κ3) is 5.92. The van der Waals surface area contributed by atoms with Gasteiger partial charge in [0.15, 0.2) is 23.7 Å². The molecular formula is C18H15Cl3O6. The largest absolute Gasteiger partial charge is 0.479 e. The van der Waals surface area contributed by atoms with Gasteiger partial charge in [0.25, 0.3) is 0 Å². The molecule has 0 aromatic heterocycles. The molecule has 2 aromatic rings. The normalized spacial score (nSPS) is 12.8. The van der Waals surface area contributed by atoms with Gasteiger partial charge in [-0.05, 0) is 44.2 Å². The molecule has 2 atom stereocenters. The second-order valence-corrected chi connectivity index (χ2v) is 6.73. The Bertz CT molecular complexity index is 855. The Balaban J connectivity index is 2.20. The van der Waals surface area contributed by atoms with E-state index >= 15 is 0 Å². The molecule has 0 fully saturated rings. The molecule has 2 aromatic carbocycles. The third-order valence-electron chi connectivity index (χ3n) is 3.30. The van der Waals surface area contributed by atoms with E-state index in [1.165, 1.54) is 26.0 Å². The molecule has 0 heterocycles. The van der Waals surface area contributed by atoms with Gasteiger partial charge >= 0.3 is 11.9 Å². The topological polar surface area (TPSA) is 82.1 Å². The van der Waals surface area contributed by atoms with E-state index in [-0.39, 0.29) is 16.5 Å². The number of rotatable bonds is 7. The van der Waals surface area contributed by atoms with Gasteiger partial charge in [-0.3, -0.25) is 0 Å². The second kappa shape index (κ2) is 9.17. The first-order valence-electron chi connectivity index (χ1n) is 7.69. The first-order chi connectivity index (χ1) is 12.7. The summed E-state index contributed by atoms with van der Waals surface area (Å²) in [5.74, 6) is -1.39. The molecule has 0 saturated heterocycles. The average molecular weight is 434 g/mol. The van der Waals surface area contributed by atoms with Gasteiger partial charge in [-0.15, -0.1) is 0 Å². The van der Waals surface area contributed by atoms with E-state index in [0.29, 0.717) is 15.8 Å². The van der Waals surface area contributed by atoms with E-state index in [4.69, 9.17) is 54.1 Å². The van der Waals surface area contributed by atoms with Crippen molar-refractivity contribution >= 4 is 46.7 Å². The molecule has 2 rings (SSSR count). The summed E-state index contributed by atoms with van der Waals surface area (Å²) in [6.45, 7) is 2.65. The van der Waals surface area contributed by atoms with Crippen molar-refractivity contribution in [2.45, 2.75) is 26.1 Å². The van der Waals surface area contributed by atoms with E-state index in [0.717, 1.165) is 0 Å². The monoisotopic (exact) mass is 432 g/mol. The van der Waals surface area contributed by atoms with Crippen LogP contribution < -0.4 is 9.47 Å². The van der Waals surface area contributed by atoms with Crippen LogP contribution in [0.25, 0.3) is 0 Å². The van der Waals surface area contributed by atoms with Crippen LogP contribution in [-0.2, 0) is 14.3 Å². The maximum atomic E-state index is 12.0. The Hall–Kier alpha value is -2.15. The quantitative estimate of drug-likeness (QED) is 0.603. The fourth-order valence-electron chi connectivity index (χ4n) is 1.89. The molecule has 0 saturated carbocycles. The Morgan fingerprint density at radius 2 is 1.48 bits per heavy atom. The number of halogens is 3. The van der Waals surface area contributed by atoms with Crippen molar-refractivity contribution in [1.82, 2.24) is 0 Å². The van der Waals surface area contributed by atoms with Crippen LogP contribution in [0.3, 0.4) is 0 Å². The van der Waals surface area contributed by atoms with Crippen LogP contribution >= 0.6 is 34.8 Å². The molecule has 2 unspecified atom stereocenters. The molecule has 0 bridgehead atoms. The van der Waals surface area contributed by atoms with Gasteiger partial charge in [0.05, 0.1) is 5.02 Å². The lowest BCUT2D eigenvalue weighted by molar-refractivity contribution is -0.167. The number of hydrogen-bond acceptors (Lipinski definition) is 5. The van der Waals surface area contributed by atoms with Gasteiger partial charge in [-0.1, -0.05) is 34.8 Å². The Morgan fingerprint density at radius 3 is 2.07 bits per heavy atom. The lowest BCUT2D eigenvalue weighted by Gasteiger charge is -2.18. The summed E-state index contributed by atoms with van der Waals surface area (Å²) in [5.41, 5.74) is 0. The SMILES string of the molecule is CC(OC(=O)C(C)Oc1cc(Cl)ccc1Oc1ccc(Cl)cc1Cl)C(=O)O. The minimum absolute atomic E-state index is 0.154. The highest BCUT2D eigenvalue weighted by Gasteiger charge is 2.24. The highest BCUT2D eigenvalue weighted by molar-refractivity contribution is 6.35. The van der Waals surface area contributed by atoms with Crippen molar-refractivity contribution in [1.29, 1.82) is 0 Å². The number of carbonyl (C=O) groups excluding carboxylic acids is 1. The van der Waals surface area contributed by atoms with Gasteiger partial charge in [0, 0.05) is 16.1 Å². The summed E-state index contributed by atoms with van der Waals surface area (Å²) in [5, 5.41) is 9.89. The van der Waals surface area contributed by atoms with Crippen molar-refractivity contribution in [2.75, 3.05) is 0 Å². The van der Waals surface area contributed by atoms with Gasteiger partial charge < -0.3 is 19.3 Å². The Labute approximate surface area is 170 Å². The number of esters is 1. The van der Waals surface area contributed by atoms with Crippen LogP contribution in [0.1, 0.15) is 13.8 Å². The Morgan fingerprint density at radius 1 is 0.889 bits per heavy atom. The summed E-state index contributed by atoms with van der Waals surface area (Å²) in [6, 6.07) is 9.26. The smallest absolute Gasteiger partial charge is 0.347 e. The number of carbonyl (C=O) groups is 2. The van der Waals surface area contributed by atoms with Gasteiger partial charge in [-0.2, -0.15) is 0 Å². The second-order valence-electron chi connectivity index (χ2n) is 5.45. The zero-order valence-electron chi connectivity index (χ0n) is 14.2. The minimum atomic E-state index is -1.30. The fraction of sp³-hybridized carbons (Fsp3) is 0.222. The van der Waals surface area contributed by atoms with Crippen molar-refractivity contribution in [3.05, 3.63) is 51.5 Å². The predicted octanol–water partition coefficient (Wildman–Crippen LogP) is 5.22. The van der Waals surface area contributed by atoms with Crippen LogP contribution in [0.15, 0.2) is 36.4 Å². The highest BCUT2D eigenvalue weighted by Crippen LogP contribution is 2.38. The molecule has 1 N–H and O–H groups in total. The zero-order valence-corrected chi connectivity index (χ0v) is 16.5. The van der Waals surface area contributed by atoms with Crippen molar-refractivity contribution in [2.24, 2.45) is 0 Å². The predicted molar refractivity (Wildman–Crippen MR) is 101 cm³/mol. The molecule has 9 heteroatoms. The lowest BCUT2D eigenvalue weighted by atomic mass is 10.3. The molecular weight excluding hydrogens is 419 g/mol. The van der Waals surface area contributed by atoms with Crippen LogP contribution in [0.2, 0.25) is 15.1 Å². The van der Waals surface area contributed by atoms with Gasteiger partial charge in [-0.25, -0.2) is 9.59 Å². The van der Waals surface area contributed by atoms with E-state index in [2.05, 4.69) is 0 Å². The molecule has 0 amide bonds. The summed E-state index contributed by atoms with van der Waals surface area (Å²) in [6.07, 6.45) is -2.40. The first kappa shape index (κ1) is 21.2. The zero-order chi connectivity index (χ0) is 20.1. The summed E-state index contributed by atoms with van der Waals surface area (Å²) < 4.78 is 16.1. The number of ether oxygens (including phenoxy) is 3. The number of carboxylic acid groups (broad SMARTS) is 1. The van der Waals surface area contributed by atoms with E-state index in [9.17, 15) is 9.59 Å². The number of carboxylic acids is 1. The lowest BCUT2D eigenvalue weighted by Crippen LogP contribution is -2.32. The highest BCUT2D eigenvalue weighted by atomic mass is 35.5. The summed E-state index contributed by atoms with van der Waals surface area (Å²) >= 11 is 18.0. The van der Waals surface area contributed by atoms with E-state index in [1.54, 1.807) is 24.3 Å². The van der Waals surface area contributed by atoms with Crippen LogP contribution in [0.4, 0.5) is 0 Å². The van der Waals surface area contributed by atoms with Gasteiger partial charge in [0.1, 0.15) is 5.75 Å². The molecule has 0 aliphatic rings. The minimum Gasteiger partial charge on any atom is -0.479 e. The molecule has 0 radical (unpaired) electrons.